The molecule has 0 spiro atoms. The third-order valence-corrected chi connectivity index (χ3v) is 2.89. The van der Waals surface area contributed by atoms with E-state index in [1.54, 1.807) is 12.0 Å². The highest BCUT2D eigenvalue weighted by atomic mass is 16.5. The van der Waals surface area contributed by atoms with Crippen LogP contribution in [0.4, 0.5) is 0 Å². The van der Waals surface area contributed by atoms with Gasteiger partial charge in [-0.2, -0.15) is 0 Å². The van der Waals surface area contributed by atoms with E-state index in [4.69, 9.17) is 15.2 Å². The Hall–Kier alpha value is -1.59. The van der Waals surface area contributed by atoms with Crippen molar-refractivity contribution in [1.82, 2.24) is 4.90 Å². The zero-order valence-corrected chi connectivity index (χ0v) is 11.8. The summed E-state index contributed by atoms with van der Waals surface area (Å²) < 4.78 is 10.0. The summed E-state index contributed by atoms with van der Waals surface area (Å²) in [5, 5.41) is 0. The summed E-state index contributed by atoms with van der Waals surface area (Å²) >= 11 is 0. The molecule has 0 fully saturated rings. The summed E-state index contributed by atoms with van der Waals surface area (Å²) in [5.74, 6) is 0.703. The van der Waals surface area contributed by atoms with Gasteiger partial charge in [-0.15, -0.1) is 0 Å². The molecular weight excluding hydrogens is 244 g/mol. The Morgan fingerprint density at radius 2 is 1.95 bits per heavy atom. The van der Waals surface area contributed by atoms with Gasteiger partial charge in [0.2, 0.25) is 5.91 Å². The molecule has 0 bridgehead atoms. The zero-order valence-electron chi connectivity index (χ0n) is 11.8. The SMILES string of the molecule is CCN(Cc1ccc(OC)cc1)C(=O)C(N)COC. The molecule has 1 rings (SSSR count). The quantitative estimate of drug-likeness (QED) is 0.800. The van der Waals surface area contributed by atoms with Gasteiger partial charge in [-0.05, 0) is 24.6 Å². The van der Waals surface area contributed by atoms with Crippen molar-refractivity contribution in [2.24, 2.45) is 5.73 Å². The lowest BCUT2D eigenvalue weighted by atomic mass is 10.2. The molecular formula is C14H22N2O3. The Balaban J connectivity index is 2.67. The summed E-state index contributed by atoms with van der Waals surface area (Å²) in [6.45, 7) is 3.32. The van der Waals surface area contributed by atoms with E-state index in [1.807, 2.05) is 31.2 Å². The van der Waals surface area contributed by atoms with Gasteiger partial charge in [0.25, 0.3) is 0 Å². The fourth-order valence-corrected chi connectivity index (χ4v) is 1.78. The Bertz CT molecular complexity index is 392. The van der Waals surface area contributed by atoms with E-state index in [-0.39, 0.29) is 12.5 Å². The van der Waals surface area contributed by atoms with E-state index < -0.39 is 6.04 Å². The highest BCUT2D eigenvalue weighted by Gasteiger charge is 2.19. The minimum Gasteiger partial charge on any atom is -0.497 e. The first kappa shape index (κ1) is 15.5. The van der Waals surface area contributed by atoms with Gasteiger partial charge in [0.05, 0.1) is 13.7 Å². The maximum absolute atomic E-state index is 12.1. The van der Waals surface area contributed by atoms with E-state index in [9.17, 15) is 4.79 Å². The number of hydrogen-bond acceptors (Lipinski definition) is 4. The van der Waals surface area contributed by atoms with Crippen LogP contribution in [0.15, 0.2) is 24.3 Å². The van der Waals surface area contributed by atoms with Crippen LogP contribution in [0.25, 0.3) is 0 Å². The van der Waals surface area contributed by atoms with Crippen molar-refractivity contribution in [3.8, 4) is 5.75 Å². The van der Waals surface area contributed by atoms with Crippen molar-refractivity contribution in [3.63, 3.8) is 0 Å². The van der Waals surface area contributed by atoms with Crippen LogP contribution in [0.3, 0.4) is 0 Å². The van der Waals surface area contributed by atoms with Crippen molar-refractivity contribution in [1.29, 1.82) is 0 Å². The van der Waals surface area contributed by atoms with E-state index in [1.165, 1.54) is 7.11 Å². The van der Waals surface area contributed by atoms with Gasteiger partial charge >= 0.3 is 0 Å². The molecule has 1 amide bonds. The number of nitrogens with two attached hydrogens (primary N) is 1. The number of ether oxygens (including phenoxy) is 2. The molecule has 0 heterocycles. The molecule has 1 aromatic rings. The molecule has 1 unspecified atom stereocenters. The third-order valence-electron chi connectivity index (χ3n) is 2.89. The smallest absolute Gasteiger partial charge is 0.242 e. The Morgan fingerprint density at radius 3 is 2.42 bits per heavy atom. The minimum absolute atomic E-state index is 0.0971. The average molecular weight is 266 g/mol. The predicted molar refractivity (Wildman–Crippen MR) is 73.9 cm³/mol. The largest absolute Gasteiger partial charge is 0.497 e. The lowest BCUT2D eigenvalue weighted by molar-refractivity contribution is -0.134. The van der Waals surface area contributed by atoms with E-state index >= 15 is 0 Å². The zero-order chi connectivity index (χ0) is 14.3. The number of carbonyl (C=O) groups excluding carboxylic acids is 1. The van der Waals surface area contributed by atoms with Crippen LogP contribution in [0.5, 0.6) is 5.75 Å². The fraction of sp³-hybridized carbons (Fsp3) is 0.500. The fourth-order valence-electron chi connectivity index (χ4n) is 1.78. The summed E-state index contributed by atoms with van der Waals surface area (Å²) in [7, 11) is 3.16. The van der Waals surface area contributed by atoms with Crippen LogP contribution in [-0.4, -0.2) is 44.2 Å². The van der Waals surface area contributed by atoms with E-state index in [0.717, 1.165) is 11.3 Å². The van der Waals surface area contributed by atoms with Crippen LogP contribution in [0.1, 0.15) is 12.5 Å². The van der Waals surface area contributed by atoms with Crippen molar-refractivity contribution in [2.45, 2.75) is 19.5 Å². The number of rotatable bonds is 7. The highest BCUT2D eigenvalue weighted by Crippen LogP contribution is 2.13. The van der Waals surface area contributed by atoms with Gasteiger partial charge in [-0.3, -0.25) is 4.79 Å². The molecule has 0 saturated carbocycles. The summed E-state index contributed by atoms with van der Waals surface area (Å²) in [6.07, 6.45) is 0. The average Bonchev–Trinajstić information content (AvgIpc) is 2.45. The highest BCUT2D eigenvalue weighted by molar-refractivity contribution is 5.81. The molecule has 0 radical (unpaired) electrons. The van der Waals surface area contributed by atoms with Crippen LogP contribution < -0.4 is 10.5 Å². The second kappa shape index (κ2) is 7.76. The molecule has 0 aliphatic rings. The minimum atomic E-state index is -0.608. The van der Waals surface area contributed by atoms with E-state index in [2.05, 4.69) is 0 Å². The second-order valence-corrected chi connectivity index (χ2v) is 4.26. The monoisotopic (exact) mass is 266 g/mol. The molecule has 5 heteroatoms. The first-order valence-electron chi connectivity index (χ1n) is 6.28. The van der Waals surface area contributed by atoms with Gasteiger partial charge in [-0.25, -0.2) is 0 Å². The van der Waals surface area contributed by atoms with Crippen molar-refractivity contribution < 1.29 is 14.3 Å². The van der Waals surface area contributed by atoms with Crippen LogP contribution in [0, 0.1) is 0 Å². The Labute approximate surface area is 114 Å². The molecule has 5 nitrogen and oxygen atoms in total. The lowest BCUT2D eigenvalue weighted by Gasteiger charge is -2.24. The van der Waals surface area contributed by atoms with Gasteiger partial charge in [-0.1, -0.05) is 12.1 Å². The number of likely N-dealkylation sites (N-methyl/N-ethyl adjacent to an activating group) is 1. The number of amides is 1. The first-order chi connectivity index (χ1) is 9.12. The lowest BCUT2D eigenvalue weighted by Crippen LogP contribution is -2.45. The van der Waals surface area contributed by atoms with Crippen LogP contribution >= 0.6 is 0 Å². The maximum Gasteiger partial charge on any atom is 0.242 e. The van der Waals surface area contributed by atoms with Gasteiger partial charge in [0, 0.05) is 20.2 Å². The number of benzene rings is 1. The van der Waals surface area contributed by atoms with Crippen molar-refractivity contribution in [3.05, 3.63) is 29.8 Å². The normalized spacial score (nSPS) is 12.0. The van der Waals surface area contributed by atoms with Gasteiger partial charge in [0.1, 0.15) is 11.8 Å². The molecule has 0 aliphatic heterocycles. The summed E-state index contributed by atoms with van der Waals surface area (Å²) in [6, 6.07) is 7.03. The first-order valence-corrected chi connectivity index (χ1v) is 6.28. The van der Waals surface area contributed by atoms with Crippen molar-refractivity contribution >= 4 is 5.91 Å². The summed E-state index contributed by atoms with van der Waals surface area (Å²) in [4.78, 5) is 13.8. The molecule has 106 valence electrons. The molecule has 19 heavy (non-hydrogen) atoms. The molecule has 0 saturated heterocycles. The molecule has 2 N–H and O–H groups in total. The molecule has 0 aliphatic carbocycles. The molecule has 1 atom stereocenters. The summed E-state index contributed by atoms with van der Waals surface area (Å²) in [5.41, 5.74) is 6.81. The van der Waals surface area contributed by atoms with Crippen molar-refractivity contribution in [2.75, 3.05) is 27.4 Å². The number of nitrogens with zero attached hydrogens (tertiary/aromatic N) is 1. The van der Waals surface area contributed by atoms with Gasteiger partial charge < -0.3 is 20.1 Å². The number of carbonyl (C=O) groups is 1. The third kappa shape index (κ3) is 4.54. The number of methoxy groups -OCH3 is 2. The van der Waals surface area contributed by atoms with Gasteiger partial charge in [0.15, 0.2) is 0 Å². The topological polar surface area (TPSA) is 64.8 Å². The maximum atomic E-state index is 12.1. The Morgan fingerprint density at radius 1 is 1.32 bits per heavy atom. The standard InChI is InChI=1S/C14H22N2O3/c1-4-16(14(17)13(15)10-18-2)9-11-5-7-12(19-3)8-6-11/h5-8,13H,4,9-10,15H2,1-3H3. The predicted octanol–water partition coefficient (Wildman–Crippen LogP) is 1.02. The van der Waals surface area contributed by atoms with Crippen LogP contribution in [0.2, 0.25) is 0 Å². The Kier molecular flexibility index (Phi) is 6.32. The molecule has 1 aromatic carbocycles. The second-order valence-electron chi connectivity index (χ2n) is 4.26. The molecule has 0 aromatic heterocycles. The number of hydrogen-bond donors (Lipinski definition) is 1. The van der Waals surface area contributed by atoms with E-state index in [0.29, 0.717) is 13.1 Å². The van der Waals surface area contributed by atoms with Crippen LogP contribution in [-0.2, 0) is 16.1 Å².